The molecule has 2 fully saturated rings. The van der Waals surface area contributed by atoms with Gasteiger partial charge in [-0.3, -0.25) is 4.79 Å². The first-order chi connectivity index (χ1) is 8.88. The van der Waals surface area contributed by atoms with E-state index in [1.165, 1.54) is 0 Å². The molecule has 2 rings (SSSR count). The second-order valence-corrected chi connectivity index (χ2v) is 7.54. The van der Waals surface area contributed by atoms with Crippen molar-refractivity contribution in [2.45, 2.75) is 63.3 Å². The van der Waals surface area contributed by atoms with Gasteiger partial charge >= 0.3 is 5.97 Å². The van der Waals surface area contributed by atoms with Crippen molar-refractivity contribution in [1.29, 1.82) is 0 Å². The van der Waals surface area contributed by atoms with Crippen molar-refractivity contribution in [2.75, 3.05) is 12.3 Å². The number of likely N-dealkylation sites (tertiary alicyclic amines) is 1. The van der Waals surface area contributed by atoms with Crippen LogP contribution in [0.4, 0.5) is 0 Å². The SMILES string of the molecule is CC(C)(C)OC(=O)[C@H]1CCCN1C(=O)C1CCCS1. The van der Waals surface area contributed by atoms with Gasteiger partial charge in [0.25, 0.3) is 0 Å². The van der Waals surface area contributed by atoms with Gasteiger partial charge in [-0.1, -0.05) is 0 Å². The molecule has 2 saturated heterocycles. The fourth-order valence-corrected chi connectivity index (χ4v) is 3.83. The van der Waals surface area contributed by atoms with Gasteiger partial charge in [0.15, 0.2) is 0 Å². The number of esters is 1. The standard InChI is InChI=1S/C14H23NO3S/c1-14(2,3)18-13(17)10-6-4-8-15(10)12(16)11-7-5-9-19-11/h10-11H,4-9H2,1-3H3/t10-,11?/m1/s1. The van der Waals surface area contributed by atoms with Crippen LogP contribution in [-0.4, -0.2) is 46.0 Å². The van der Waals surface area contributed by atoms with Crippen molar-refractivity contribution in [3.63, 3.8) is 0 Å². The van der Waals surface area contributed by atoms with Crippen LogP contribution in [0, 0.1) is 0 Å². The van der Waals surface area contributed by atoms with Crippen LogP contribution in [0.5, 0.6) is 0 Å². The van der Waals surface area contributed by atoms with Gasteiger partial charge < -0.3 is 9.64 Å². The molecule has 5 heteroatoms. The number of hydrogen-bond donors (Lipinski definition) is 0. The molecule has 2 heterocycles. The van der Waals surface area contributed by atoms with Crippen molar-refractivity contribution in [2.24, 2.45) is 0 Å². The summed E-state index contributed by atoms with van der Waals surface area (Å²) >= 11 is 1.72. The van der Waals surface area contributed by atoms with E-state index in [0.717, 1.165) is 31.4 Å². The Kier molecular flexibility index (Phi) is 4.43. The molecule has 0 saturated carbocycles. The maximum atomic E-state index is 12.4. The summed E-state index contributed by atoms with van der Waals surface area (Å²) in [5.41, 5.74) is -0.490. The van der Waals surface area contributed by atoms with Gasteiger partial charge in [0.05, 0.1) is 5.25 Å². The lowest BCUT2D eigenvalue weighted by Gasteiger charge is -2.28. The van der Waals surface area contributed by atoms with Crippen molar-refractivity contribution < 1.29 is 14.3 Å². The number of carbonyl (C=O) groups excluding carboxylic acids is 2. The molecular formula is C14H23NO3S. The van der Waals surface area contributed by atoms with E-state index in [1.54, 1.807) is 16.7 Å². The molecule has 19 heavy (non-hydrogen) atoms. The molecule has 0 aliphatic carbocycles. The Bertz CT molecular complexity index is 358. The molecule has 0 aromatic rings. The van der Waals surface area contributed by atoms with Gasteiger partial charge in [0.1, 0.15) is 11.6 Å². The van der Waals surface area contributed by atoms with E-state index in [9.17, 15) is 9.59 Å². The van der Waals surface area contributed by atoms with E-state index < -0.39 is 5.60 Å². The molecule has 0 aromatic carbocycles. The van der Waals surface area contributed by atoms with Gasteiger partial charge in [-0.15, -0.1) is 11.8 Å². The van der Waals surface area contributed by atoms with Gasteiger partial charge in [-0.2, -0.15) is 0 Å². The first-order valence-electron chi connectivity index (χ1n) is 7.03. The summed E-state index contributed by atoms with van der Waals surface area (Å²) in [5, 5.41) is 0.0584. The van der Waals surface area contributed by atoms with E-state index in [2.05, 4.69) is 0 Å². The molecule has 0 radical (unpaired) electrons. The maximum absolute atomic E-state index is 12.4. The Labute approximate surface area is 119 Å². The van der Waals surface area contributed by atoms with E-state index in [0.29, 0.717) is 6.54 Å². The zero-order valence-electron chi connectivity index (χ0n) is 12.0. The van der Waals surface area contributed by atoms with E-state index >= 15 is 0 Å². The highest BCUT2D eigenvalue weighted by atomic mass is 32.2. The zero-order valence-corrected chi connectivity index (χ0v) is 12.8. The average molecular weight is 285 g/mol. The summed E-state index contributed by atoms with van der Waals surface area (Å²) in [6.45, 7) is 6.27. The summed E-state index contributed by atoms with van der Waals surface area (Å²) in [4.78, 5) is 26.3. The van der Waals surface area contributed by atoms with Crippen LogP contribution in [-0.2, 0) is 14.3 Å². The number of carbonyl (C=O) groups is 2. The van der Waals surface area contributed by atoms with Crippen LogP contribution in [0.25, 0.3) is 0 Å². The molecule has 0 bridgehead atoms. The number of amides is 1. The topological polar surface area (TPSA) is 46.6 Å². The molecule has 0 N–H and O–H groups in total. The molecule has 2 aliphatic heterocycles. The first-order valence-corrected chi connectivity index (χ1v) is 8.08. The quantitative estimate of drug-likeness (QED) is 0.730. The van der Waals surface area contributed by atoms with Crippen LogP contribution < -0.4 is 0 Å². The fourth-order valence-electron chi connectivity index (χ4n) is 2.60. The minimum absolute atomic E-state index is 0.0584. The second-order valence-electron chi connectivity index (χ2n) is 6.22. The Morgan fingerprint density at radius 1 is 1.21 bits per heavy atom. The minimum atomic E-state index is -0.490. The molecule has 1 amide bonds. The number of ether oxygens (including phenoxy) is 1. The van der Waals surface area contributed by atoms with Gasteiger partial charge in [-0.25, -0.2) is 4.79 Å². The molecule has 108 valence electrons. The van der Waals surface area contributed by atoms with Gasteiger partial charge in [-0.05, 0) is 52.2 Å². The normalized spacial score (nSPS) is 27.6. The second kappa shape index (κ2) is 5.73. The molecule has 2 aliphatic rings. The van der Waals surface area contributed by atoms with E-state index in [-0.39, 0.29) is 23.2 Å². The van der Waals surface area contributed by atoms with Crippen molar-refractivity contribution in [1.82, 2.24) is 4.90 Å². The highest BCUT2D eigenvalue weighted by Gasteiger charge is 2.39. The van der Waals surface area contributed by atoms with Crippen LogP contribution >= 0.6 is 11.8 Å². The smallest absolute Gasteiger partial charge is 0.329 e. The van der Waals surface area contributed by atoms with Crippen molar-refractivity contribution in [3.05, 3.63) is 0 Å². The highest BCUT2D eigenvalue weighted by molar-refractivity contribution is 8.00. The molecule has 0 aromatic heterocycles. The van der Waals surface area contributed by atoms with E-state index in [4.69, 9.17) is 4.74 Å². The third kappa shape index (κ3) is 3.65. The lowest BCUT2D eigenvalue weighted by molar-refractivity contribution is -0.163. The van der Waals surface area contributed by atoms with E-state index in [1.807, 2.05) is 20.8 Å². The zero-order chi connectivity index (χ0) is 14.0. The number of thioether (sulfide) groups is 1. The largest absolute Gasteiger partial charge is 0.458 e. The minimum Gasteiger partial charge on any atom is -0.458 e. The van der Waals surface area contributed by atoms with Crippen LogP contribution in [0.3, 0.4) is 0 Å². The summed E-state index contributed by atoms with van der Waals surface area (Å²) < 4.78 is 5.43. The summed E-state index contributed by atoms with van der Waals surface area (Å²) in [5.74, 6) is 0.943. The predicted molar refractivity (Wildman–Crippen MR) is 76.1 cm³/mol. The molecule has 4 nitrogen and oxygen atoms in total. The number of hydrogen-bond acceptors (Lipinski definition) is 4. The van der Waals surface area contributed by atoms with Gasteiger partial charge in [0, 0.05) is 6.54 Å². The van der Waals surface area contributed by atoms with Crippen LogP contribution in [0.1, 0.15) is 46.5 Å². The third-order valence-corrected chi connectivity index (χ3v) is 4.78. The Morgan fingerprint density at radius 3 is 2.53 bits per heavy atom. The van der Waals surface area contributed by atoms with Gasteiger partial charge in [0.2, 0.25) is 5.91 Å². The number of rotatable bonds is 2. The molecular weight excluding hydrogens is 262 g/mol. The fraction of sp³-hybridized carbons (Fsp3) is 0.857. The Morgan fingerprint density at radius 2 is 1.95 bits per heavy atom. The summed E-state index contributed by atoms with van der Waals surface area (Å²) in [6.07, 6.45) is 3.68. The van der Waals surface area contributed by atoms with Crippen LogP contribution in [0.15, 0.2) is 0 Å². The third-order valence-electron chi connectivity index (χ3n) is 3.42. The predicted octanol–water partition coefficient (Wildman–Crippen LogP) is 2.21. The lowest BCUT2D eigenvalue weighted by Crippen LogP contribution is -2.46. The Balaban J connectivity index is 2.00. The summed E-state index contributed by atoms with van der Waals surface area (Å²) in [7, 11) is 0. The Hall–Kier alpha value is -0.710. The monoisotopic (exact) mass is 285 g/mol. The first kappa shape index (κ1) is 14.7. The van der Waals surface area contributed by atoms with Crippen LogP contribution in [0.2, 0.25) is 0 Å². The summed E-state index contributed by atoms with van der Waals surface area (Å²) in [6, 6.07) is -0.368. The average Bonchev–Trinajstić information content (AvgIpc) is 2.97. The molecule has 2 atom stereocenters. The molecule has 1 unspecified atom stereocenters. The lowest BCUT2D eigenvalue weighted by atomic mass is 10.1. The number of nitrogens with zero attached hydrogens (tertiary/aromatic N) is 1. The molecule has 0 spiro atoms. The highest BCUT2D eigenvalue weighted by Crippen LogP contribution is 2.31. The maximum Gasteiger partial charge on any atom is 0.329 e. The van der Waals surface area contributed by atoms with Crippen molar-refractivity contribution >= 4 is 23.6 Å². The van der Waals surface area contributed by atoms with Crippen molar-refractivity contribution in [3.8, 4) is 0 Å².